The van der Waals surface area contributed by atoms with Crippen LogP contribution in [-0.4, -0.2) is 19.3 Å². The minimum absolute atomic E-state index is 0.0820. The molecule has 0 aromatic heterocycles. The molecule has 0 N–H and O–H groups in total. The van der Waals surface area contributed by atoms with E-state index >= 15 is 0 Å². The van der Waals surface area contributed by atoms with Crippen LogP contribution < -0.4 is 0 Å². The number of rotatable bonds is 4. The fourth-order valence-electron chi connectivity index (χ4n) is 10.2. The molecule has 0 radical (unpaired) electrons. The number of allylic oxidation sites excluding steroid dienone is 19. The number of benzene rings is 2. The zero-order valence-corrected chi connectivity index (χ0v) is 30.9. The van der Waals surface area contributed by atoms with Gasteiger partial charge in [-0.1, -0.05) is 141 Å². The Morgan fingerprint density at radius 1 is 0.804 bits per heavy atom. The molecule has 6 aliphatic carbocycles. The topological polar surface area (TPSA) is 18.5 Å². The van der Waals surface area contributed by atoms with Crippen LogP contribution in [0.1, 0.15) is 95.4 Å². The monoisotopic (exact) mass is 668 g/mol. The summed E-state index contributed by atoms with van der Waals surface area (Å²) in [6.07, 6.45) is 32.6. The Hall–Kier alpha value is -4.18. The summed E-state index contributed by atoms with van der Waals surface area (Å²) in [5.74, 6) is 2.20. The van der Waals surface area contributed by atoms with Crippen molar-refractivity contribution in [3.8, 4) is 0 Å². The van der Waals surface area contributed by atoms with Gasteiger partial charge >= 0.3 is 7.12 Å². The average molecular weight is 669 g/mol. The highest BCUT2D eigenvalue weighted by molar-refractivity contribution is 6.51. The van der Waals surface area contributed by atoms with Crippen LogP contribution in [-0.2, 0) is 20.1 Å². The summed E-state index contributed by atoms with van der Waals surface area (Å²) in [5, 5.41) is 0. The molecule has 51 heavy (non-hydrogen) atoms. The Kier molecular flexibility index (Phi) is 7.66. The second kappa shape index (κ2) is 11.9. The van der Waals surface area contributed by atoms with Gasteiger partial charge in [-0.25, -0.2) is 0 Å². The van der Waals surface area contributed by atoms with E-state index in [0.717, 1.165) is 38.5 Å². The third-order valence-electron chi connectivity index (χ3n) is 13.2. The van der Waals surface area contributed by atoms with E-state index in [0.29, 0.717) is 6.61 Å². The molecule has 2 aromatic carbocycles. The average Bonchev–Trinajstić information content (AvgIpc) is 3.36. The van der Waals surface area contributed by atoms with E-state index in [1.165, 1.54) is 55.7 Å². The Morgan fingerprint density at radius 3 is 2.39 bits per heavy atom. The molecule has 1 fully saturated rings. The molecule has 2 atom stereocenters. The summed E-state index contributed by atoms with van der Waals surface area (Å²) in [7, 11) is -0.417. The molecular formula is C48H49BO2. The third-order valence-corrected chi connectivity index (χ3v) is 13.2. The molecule has 0 bridgehead atoms. The summed E-state index contributed by atoms with van der Waals surface area (Å²) in [6.45, 7) is 11.7. The van der Waals surface area contributed by atoms with Crippen LogP contribution in [0.3, 0.4) is 0 Å². The molecule has 2 unspecified atom stereocenters. The van der Waals surface area contributed by atoms with E-state index in [9.17, 15) is 0 Å². The minimum atomic E-state index is -0.417. The van der Waals surface area contributed by atoms with Gasteiger partial charge in [0.05, 0.1) is 16.4 Å². The van der Waals surface area contributed by atoms with Gasteiger partial charge in [-0.2, -0.15) is 0 Å². The molecule has 1 saturated heterocycles. The van der Waals surface area contributed by atoms with E-state index in [1.54, 1.807) is 11.1 Å². The van der Waals surface area contributed by atoms with Crippen molar-refractivity contribution in [3.05, 3.63) is 177 Å². The first-order valence-electron chi connectivity index (χ1n) is 19.2. The zero-order valence-electron chi connectivity index (χ0n) is 30.9. The summed E-state index contributed by atoms with van der Waals surface area (Å²) in [5.41, 5.74) is 16.1. The summed E-state index contributed by atoms with van der Waals surface area (Å²) in [6, 6.07) is 18.6. The Morgan fingerprint density at radius 2 is 1.61 bits per heavy atom. The second-order valence-corrected chi connectivity index (χ2v) is 16.5. The first-order valence-corrected chi connectivity index (χ1v) is 19.2. The van der Waals surface area contributed by atoms with Gasteiger partial charge in [-0.15, -0.1) is 0 Å². The molecule has 1 aliphatic heterocycles. The molecule has 0 amide bonds. The molecule has 2 nitrogen and oxygen atoms in total. The number of fused-ring (bicyclic) bond motifs is 7. The Balaban J connectivity index is 1.37. The van der Waals surface area contributed by atoms with Crippen molar-refractivity contribution in [2.24, 2.45) is 5.41 Å². The number of hydrogen-bond donors (Lipinski definition) is 0. The molecule has 3 heteroatoms. The van der Waals surface area contributed by atoms with E-state index in [-0.39, 0.29) is 21.8 Å². The fourth-order valence-corrected chi connectivity index (χ4v) is 10.2. The zero-order chi connectivity index (χ0) is 35.0. The first kappa shape index (κ1) is 32.7. The van der Waals surface area contributed by atoms with Gasteiger partial charge in [0, 0.05) is 12.0 Å². The maximum Gasteiger partial charge on any atom is 0.486 e. The fraction of sp³-hybridized carbons (Fsp3) is 0.333. The van der Waals surface area contributed by atoms with E-state index in [2.05, 4.69) is 156 Å². The number of hydrogen-bond acceptors (Lipinski definition) is 2. The van der Waals surface area contributed by atoms with Gasteiger partial charge in [-0.3, -0.25) is 0 Å². The lowest BCUT2D eigenvalue weighted by molar-refractivity contribution is -0.0942. The standard InChI is InChI=1S/C48H49BO2/c1-6-18-35-36-22-13-15-25-39(36)47(40(35)29-30-49-50-32-45(2,3)46(4,5)51-49)31-33-19-17-24-38-37-23-14-16-26-41(37)48(44(33)38,34-20-9-7-10-21-34)43-28-12-8-11-27-42(43)47/h6,8-9,11-16,18,20-27,29-30H,7,10,17,19,28,31-32H2,1-5H3/b18-6-,30-29+. The Labute approximate surface area is 305 Å². The van der Waals surface area contributed by atoms with Crippen LogP contribution in [0.25, 0.3) is 11.1 Å². The van der Waals surface area contributed by atoms with Gasteiger partial charge in [0.25, 0.3) is 0 Å². The van der Waals surface area contributed by atoms with Crippen molar-refractivity contribution in [2.45, 2.75) is 89.6 Å². The molecule has 9 rings (SSSR count). The predicted molar refractivity (Wildman–Crippen MR) is 213 cm³/mol. The van der Waals surface area contributed by atoms with E-state index in [1.807, 2.05) is 0 Å². The highest BCUT2D eigenvalue weighted by atomic mass is 16.6. The van der Waals surface area contributed by atoms with Gasteiger partial charge < -0.3 is 9.31 Å². The van der Waals surface area contributed by atoms with Crippen molar-refractivity contribution in [1.82, 2.24) is 0 Å². The normalized spacial score (nSPS) is 28.6. The van der Waals surface area contributed by atoms with E-state index in [4.69, 9.17) is 9.31 Å². The van der Waals surface area contributed by atoms with Crippen molar-refractivity contribution < 1.29 is 9.31 Å². The SMILES string of the molecule is C/C=C\C1=C(/C=C/B2OCC(C)(C)C(C)(C)O2)C2(CC3=C4C(=CCC3)c3ccccc3C4(C3=CCCC=C3)C3=C2C=CC=CC3)c2ccccc21. The van der Waals surface area contributed by atoms with Crippen LogP contribution in [0.4, 0.5) is 0 Å². The second-order valence-electron chi connectivity index (χ2n) is 16.5. The maximum absolute atomic E-state index is 6.69. The minimum Gasteiger partial charge on any atom is -0.407 e. The van der Waals surface area contributed by atoms with E-state index < -0.39 is 7.12 Å². The van der Waals surface area contributed by atoms with Gasteiger partial charge in [0.15, 0.2) is 0 Å². The lowest BCUT2D eigenvalue weighted by Gasteiger charge is -2.47. The molecule has 2 aromatic rings. The summed E-state index contributed by atoms with van der Waals surface area (Å²) >= 11 is 0. The molecule has 0 saturated carbocycles. The smallest absolute Gasteiger partial charge is 0.407 e. The molecule has 1 spiro atoms. The molecule has 1 heterocycles. The van der Waals surface area contributed by atoms with Gasteiger partial charge in [0.1, 0.15) is 0 Å². The molecule has 256 valence electrons. The van der Waals surface area contributed by atoms with Gasteiger partial charge in [0.2, 0.25) is 0 Å². The molecular weight excluding hydrogens is 619 g/mol. The van der Waals surface area contributed by atoms with Crippen molar-refractivity contribution >= 4 is 18.3 Å². The van der Waals surface area contributed by atoms with Crippen LogP contribution >= 0.6 is 0 Å². The lowest BCUT2D eigenvalue weighted by atomic mass is 9.61. The summed E-state index contributed by atoms with van der Waals surface area (Å²) < 4.78 is 13.1. The quantitative estimate of drug-likeness (QED) is 0.302. The first-order chi connectivity index (χ1) is 24.7. The Bertz CT molecular complexity index is 2150. The van der Waals surface area contributed by atoms with Crippen LogP contribution in [0.5, 0.6) is 0 Å². The highest BCUT2D eigenvalue weighted by Crippen LogP contribution is 2.68. The summed E-state index contributed by atoms with van der Waals surface area (Å²) in [4.78, 5) is 0. The van der Waals surface area contributed by atoms with Crippen molar-refractivity contribution in [2.75, 3.05) is 6.61 Å². The lowest BCUT2D eigenvalue weighted by Crippen LogP contribution is -2.54. The van der Waals surface area contributed by atoms with Crippen molar-refractivity contribution in [1.29, 1.82) is 0 Å². The third kappa shape index (κ3) is 4.57. The predicted octanol–water partition coefficient (Wildman–Crippen LogP) is 11.6. The molecule has 7 aliphatic rings. The van der Waals surface area contributed by atoms with Crippen LogP contribution in [0, 0.1) is 5.41 Å². The highest BCUT2D eigenvalue weighted by Gasteiger charge is 2.58. The van der Waals surface area contributed by atoms with Crippen molar-refractivity contribution in [3.63, 3.8) is 0 Å². The largest absolute Gasteiger partial charge is 0.486 e. The van der Waals surface area contributed by atoms with Crippen LogP contribution in [0.2, 0.25) is 0 Å². The van der Waals surface area contributed by atoms with Gasteiger partial charge in [-0.05, 0) is 121 Å². The van der Waals surface area contributed by atoms with Crippen LogP contribution in [0.15, 0.2) is 155 Å². The maximum atomic E-state index is 6.69.